The second-order valence-electron chi connectivity index (χ2n) is 14.0. The summed E-state index contributed by atoms with van der Waals surface area (Å²) in [4.78, 5) is 2.53. The van der Waals surface area contributed by atoms with Gasteiger partial charge in [0, 0.05) is 26.5 Å². The lowest BCUT2D eigenvalue weighted by Crippen LogP contribution is -2.11. The van der Waals surface area contributed by atoms with E-state index in [1.807, 2.05) is 11.3 Å². The fourth-order valence-corrected chi connectivity index (χ4v) is 10.3. The first kappa shape index (κ1) is 28.2. The molecule has 2 heteroatoms. The molecule has 0 fully saturated rings. The molecule has 12 aromatic rings. The van der Waals surface area contributed by atoms with Crippen LogP contribution in [0.2, 0.25) is 0 Å². The number of thiophene rings is 1. The van der Waals surface area contributed by atoms with Crippen molar-refractivity contribution >= 4 is 124 Å². The molecule has 12 rings (SSSR count). The van der Waals surface area contributed by atoms with Crippen molar-refractivity contribution in [1.29, 1.82) is 0 Å². The van der Waals surface area contributed by atoms with Gasteiger partial charge in [-0.25, -0.2) is 0 Å². The van der Waals surface area contributed by atoms with Crippen molar-refractivity contribution in [3.63, 3.8) is 0 Å². The van der Waals surface area contributed by atoms with Gasteiger partial charge in [-0.1, -0.05) is 146 Å². The van der Waals surface area contributed by atoms with Gasteiger partial charge in [-0.15, -0.1) is 11.3 Å². The summed E-state index contributed by atoms with van der Waals surface area (Å²) in [6.45, 7) is 0. The van der Waals surface area contributed by atoms with Crippen LogP contribution in [-0.4, -0.2) is 0 Å². The van der Waals surface area contributed by atoms with Crippen molar-refractivity contribution in [3.05, 3.63) is 176 Å². The molecule has 240 valence electrons. The molecule has 0 atom stereocenters. The number of hydrogen-bond donors (Lipinski definition) is 0. The van der Waals surface area contributed by atoms with Crippen LogP contribution >= 0.6 is 11.3 Å². The minimum Gasteiger partial charge on any atom is -0.308 e. The average Bonchev–Trinajstić information content (AvgIpc) is 3.59. The molecule has 0 aliphatic carbocycles. The van der Waals surface area contributed by atoms with Crippen LogP contribution in [0.1, 0.15) is 0 Å². The van der Waals surface area contributed by atoms with Crippen molar-refractivity contribution in [3.8, 4) is 0 Å². The van der Waals surface area contributed by atoms with Crippen LogP contribution in [0.4, 0.5) is 17.1 Å². The minimum atomic E-state index is 1.15. The molecular weight excluding hydrogens is 647 g/mol. The SMILES string of the molecule is c1ccc2c(N(c3cc4ccc5cccc6c7cccc8ccc9cccc(c(c3)c4c56)c9c87)c3cccc4c3sc3ccccc34)cccc2c1. The number of nitrogens with zero attached hydrogens (tertiary/aromatic N) is 1. The quantitative estimate of drug-likeness (QED) is 0.169. The molecule has 1 aromatic heterocycles. The highest BCUT2D eigenvalue weighted by Crippen LogP contribution is 2.49. The molecule has 1 heterocycles. The molecule has 0 spiro atoms. The zero-order valence-electron chi connectivity index (χ0n) is 28.1. The first-order chi connectivity index (χ1) is 25.8. The predicted molar refractivity (Wildman–Crippen MR) is 228 cm³/mol. The van der Waals surface area contributed by atoms with Crippen molar-refractivity contribution in [2.45, 2.75) is 0 Å². The van der Waals surface area contributed by atoms with Gasteiger partial charge in [0.15, 0.2) is 0 Å². The lowest BCUT2D eigenvalue weighted by Gasteiger charge is -2.28. The Kier molecular flexibility index (Phi) is 5.71. The summed E-state index contributed by atoms with van der Waals surface area (Å²) in [7, 11) is 0. The Labute approximate surface area is 303 Å². The van der Waals surface area contributed by atoms with Crippen LogP contribution in [0, 0.1) is 0 Å². The van der Waals surface area contributed by atoms with Crippen LogP contribution in [-0.2, 0) is 0 Å². The van der Waals surface area contributed by atoms with Gasteiger partial charge in [0.1, 0.15) is 0 Å². The fourth-order valence-electron chi connectivity index (χ4n) is 9.12. The van der Waals surface area contributed by atoms with E-state index in [9.17, 15) is 0 Å². The third-order valence-electron chi connectivity index (χ3n) is 11.3. The zero-order valence-corrected chi connectivity index (χ0v) is 28.9. The third kappa shape index (κ3) is 3.82. The molecule has 0 saturated carbocycles. The number of fused-ring (bicyclic) bond motifs is 6. The highest BCUT2D eigenvalue weighted by atomic mass is 32.1. The summed E-state index contributed by atoms with van der Waals surface area (Å²) in [6, 6.07) is 65.8. The zero-order chi connectivity index (χ0) is 33.9. The van der Waals surface area contributed by atoms with Gasteiger partial charge in [-0.3, -0.25) is 0 Å². The van der Waals surface area contributed by atoms with Crippen LogP contribution in [0.5, 0.6) is 0 Å². The van der Waals surface area contributed by atoms with E-state index in [1.54, 1.807) is 0 Å². The maximum atomic E-state index is 2.53. The van der Waals surface area contributed by atoms with Gasteiger partial charge < -0.3 is 4.90 Å². The average molecular weight is 676 g/mol. The Hall–Kier alpha value is -6.48. The van der Waals surface area contributed by atoms with E-state index < -0.39 is 0 Å². The van der Waals surface area contributed by atoms with Gasteiger partial charge in [-0.2, -0.15) is 0 Å². The number of rotatable bonds is 3. The molecule has 0 N–H and O–H groups in total. The van der Waals surface area contributed by atoms with Crippen molar-refractivity contribution in [1.82, 2.24) is 0 Å². The largest absolute Gasteiger partial charge is 0.308 e. The van der Waals surface area contributed by atoms with Crippen LogP contribution in [0.25, 0.3) is 95.6 Å². The van der Waals surface area contributed by atoms with Gasteiger partial charge in [0.2, 0.25) is 0 Å². The van der Waals surface area contributed by atoms with Crippen molar-refractivity contribution in [2.24, 2.45) is 0 Å². The van der Waals surface area contributed by atoms with E-state index in [0.29, 0.717) is 0 Å². The summed E-state index contributed by atoms with van der Waals surface area (Å²) in [5.41, 5.74) is 3.52. The predicted octanol–water partition coefficient (Wildman–Crippen LogP) is 15.0. The van der Waals surface area contributed by atoms with Crippen LogP contribution in [0.3, 0.4) is 0 Å². The van der Waals surface area contributed by atoms with E-state index in [1.165, 1.54) is 107 Å². The molecule has 11 aromatic carbocycles. The Morgan fingerprint density at radius 3 is 1.52 bits per heavy atom. The summed E-state index contributed by atoms with van der Waals surface area (Å²) in [6.07, 6.45) is 0. The standard InChI is InChI=1S/C50H29NS/c1-2-15-36-30(10-1)11-8-21-43(36)51(44-22-9-20-41-37-16-3-4-23-45(37)52-50(41)44)35-28-34-27-26-33-13-6-18-39-38-17-5-12-31-24-25-32-14-7-19-40(48(32)46(31)38)42(29-35)49(34)47(33)39/h1-29H. The molecule has 0 amide bonds. The van der Waals surface area contributed by atoms with Gasteiger partial charge >= 0.3 is 0 Å². The number of hydrogen-bond acceptors (Lipinski definition) is 2. The highest BCUT2D eigenvalue weighted by Gasteiger charge is 2.22. The Bertz CT molecular complexity index is 3410. The van der Waals surface area contributed by atoms with E-state index >= 15 is 0 Å². The Morgan fingerprint density at radius 1 is 0.308 bits per heavy atom. The fraction of sp³-hybridized carbons (Fsp3) is 0. The molecule has 0 radical (unpaired) electrons. The Balaban J connectivity index is 1.30. The van der Waals surface area contributed by atoms with Gasteiger partial charge in [0.05, 0.1) is 16.1 Å². The second kappa shape index (κ2) is 10.5. The molecule has 1 nitrogen and oxygen atoms in total. The topological polar surface area (TPSA) is 3.24 Å². The molecular formula is C50H29NS. The Morgan fingerprint density at radius 2 is 0.788 bits per heavy atom. The van der Waals surface area contributed by atoms with E-state index in [-0.39, 0.29) is 0 Å². The summed E-state index contributed by atoms with van der Waals surface area (Å²) < 4.78 is 2.60. The molecule has 0 bridgehead atoms. The third-order valence-corrected chi connectivity index (χ3v) is 12.5. The molecule has 0 unspecified atom stereocenters. The smallest absolute Gasteiger partial charge is 0.0640 e. The number of benzene rings is 10. The molecule has 0 aliphatic heterocycles. The van der Waals surface area contributed by atoms with Crippen LogP contribution in [0.15, 0.2) is 176 Å². The summed E-state index contributed by atoms with van der Waals surface area (Å²) in [5, 5.41) is 20.5. The molecule has 0 aliphatic rings. The summed E-state index contributed by atoms with van der Waals surface area (Å²) in [5.74, 6) is 0. The maximum Gasteiger partial charge on any atom is 0.0640 e. The molecule has 0 saturated heterocycles. The lowest BCUT2D eigenvalue weighted by atomic mass is 9.87. The highest BCUT2D eigenvalue weighted by molar-refractivity contribution is 7.26. The van der Waals surface area contributed by atoms with Crippen molar-refractivity contribution < 1.29 is 0 Å². The van der Waals surface area contributed by atoms with Gasteiger partial charge in [0.25, 0.3) is 0 Å². The second-order valence-corrected chi connectivity index (χ2v) is 15.1. The van der Waals surface area contributed by atoms with E-state index in [0.717, 1.165) is 5.69 Å². The lowest BCUT2D eigenvalue weighted by molar-refractivity contribution is 1.33. The van der Waals surface area contributed by atoms with Gasteiger partial charge in [-0.05, 0) is 100 Å². The van der Waals surface area contributed by atoms with E-state index in [2.05, 4.69) is 181 Å². The summed E-state index contributed by atoms with van der Waals surface area (Å²) >= 11 is 1.89. The maximum absolute atomic E-state index is 2.53. The van der Waals surface area contributed by atoms with Crippen LogP contribution < -0.4 is 4.90 Å². The normalized spacial score (nSPS) is 12.2. The number of anilines is 3. The first-order valence-electron chi connectivity index (χ1n) is 17.9. The van der Waals surface area contributed by atoms with E-state index in [4.69, 9.17) is 0 Å². The first-order valence-corrected chi connectivity index (χ1v) is 18.7. The minimum absolute atomic E-state index is 1.15. The molecule has 52 heavy (non-hydrogen) atoms. The van der Waals surface area contributed by atoms with Crippen molar-refractivity contribution in [2.75, 3.05) is 4.90 Å². The monoisotopic (exact) mass is 675 g/mol.